The first-order chi connectivity index (χ1) is 16.0. The van der Waals surface area contributed by atoms with Crippen molar-refractivity contribution in [3.8, 4) is 17.2 Å². The Bertz CT molecular complexity index is 1250. The summed E-state index contributed by atoms with van der Waals surface area (Å²) in [5.74, 6) is 2.16. The van der Waals surface area contributed by atoms with Crippen molar-refractivity contribution in [2.75, 3.05) is 12.4 Å². The van der Waals surface area contributed by atoms with Crippen molar-refractivity contribution in [2.24, 2.45) is 10.7 Å². The number of halogens is 1. The first-order valence-electron chi connectivity index (χ1n) is 10.9. The van der Waals surface area contributed by atoms with Crippen molar-refractivity contribution in [1.82, 2.24) is 10.3 Å². The van der Waals surface area contributed by atoms with Gasteiger partial charge in [0, 0.05) is 29.8 Å². The SMILES string of the molecule is COc1cc2nccc(Oc3ccc(NC(=O)NC4CC4)c(Cl)c3)c2cc1C(N)=NC1CC1. The predicted molar refractivity (Wildman–Crippen MR) is 129 cm³/mol. The molecule has 0 spiro atoms. The molecule has 2 saturated carbocycles. The molecular formula is C24H24ClN5O3. The van der Waals surface area contributed by atoms with E-state index in [0.717, 1.165) is 31.1 Å². The number of carbonyl (C=O) groups is 1. The van der Waals surface area contributed by atoms with Crippen LogP contribution in [0.25, 0.3) is 10.9 Å². The average molecular weight is 466 g/mol. The summed E-state index contributed by atoms with van der Waals surface area (Å²) in [6.45, 7) is 0. The molecular weight excluding hydrogens is 442 g/mol. The molecule has 2 aliphatic carbocycles. The molecule has 9 heteroatoms. The normalized spacial score (nSPS) is 15.9. The Morgan fingerprint density at radius 2 is 1.97 bits per heavy atom. The van der Waals surface area contributed by atoms with Gasteiger partial charge in [0.2, 0.25) is 0 Å². The van der Waals surface area contributed by atoms with E-state index in [-0.39, 0.29) is 18.1 Å². The molecule has 1 heterocycles. The van der Waals surface area contributed by atoms with Crippen LogP contribution in [-0.4, -0.2) is 36.0 Å². The maximum atomic E-state index is 12.0. The second-order valence-corrected chi connectivity index (χ2v) is 8.65. The van der Waals surface area contributed by atoms with E-state index in [1.54, 1.807) is 37.6 Å². The number of carbonyl (C=O) groups excluding carboxylic acids is 1. The molecule has 3 aromatic rings. The number of fused-ring (bicyclic) bond motifs is 1. The lowest BCUT2D eigenvalue weighted by Gasteiger charge is -2.14. The van der Waals surface area contributed by atoms with Gasteiger partial charge in [-0.1, -0.05) is 11.6 Å². The predicted octanol–water partition coefficient (Wildman–Crippen LogP) is 4.84. The van der Waals surface area contributed by atoms with Crippen LogP contribution in [0, 0.1) is 0 Å². The number of ether oxygens (including phenoxy) is 2. The number of aromatic nitrogens is 1. The Hall–Kier alpha value is -3.52. The quantitative estimate of drug-likeness (QED) is 0.341. The van der Waals surface area contributed by atoms with E-state index >= 15 is 0 Å². The number of pyridine rings is 1. The number of anilines is 1. The number of hydrogen-bond donors (Lipinski definition) is 3. The molecule has 2 amide bonds. The van der Waals surface area contributed by atoms with Crippen molar-refractivity contribution in [2.45, 2.75) is 37.8 Å². The number of nitrogens with two attached hydrogens (primary N) is 1. The van der Waals surface area contributed by atoms with Crippen molar-refractivity contribution in [3.05, 3.63) is 53.2 Å². The lowest BCUT2D eigenvalue weighted by Crippen LogP contribution is -2.30. The van der Waals surface area contributed by atoms with Crippen molar-refractivity contribution in [3.63, 3.8) is 0 Å². The molecule has 170 valence electrons. The Kier molecular flexibility index (Phi) is 5.68. The number of methoxy groups -OCH3 is 1. The van der Waals surface area contributed by atoms with Gasteiger partial charge in [-0.15, -0.1) is 0 Å². The average Bonchev–Trinajstić information content (AvgIpc) is 3.72. The summed E-state index contributed by atoms with van der Waals surface area (Å²) in [6.07, 6.45) is 5.80. The van der Waals surface area contributed by atoms with Crippen molar-refractivity contribution < 1.29 is 14.3 Å². The zero-order valence-electron chi connectivity index (χ0n) is 18.1. The first kappa shape index (κ1) is 21.3. The first-order valence-corrected chi connectivity index (χ1v) is 11.2. The standard InChI is InChI=1S/C24H24ClN5O3/c1-32-22-12-20-16(11-17(22)23(26)28-13-2-3-13)21(8-9-27-20)33-15-6-7-19(18(25)10-15)30-24(31)29-14-4-5-14/h6-14H,2-5H2,1H3,(H2,26,28)(H2,29,30,31). The maximum absolute atomic E-state index is 12.0. The summed E-state index contributed by atoms with van der Waals surface area (Å²) < 4.78 is 11.7. The van der Waals surface area contributed by atoms with Gasteiger partial charge in [-0.3, -0.25) is 9.98 Å². The van der Waals surface area contributed by atoms with Crippen LogP contribution in [-0.2, 0) is 0 Å². The van der Waals surface area contributed by atoms with Crippen molar-refractivity contribution in [1.29, 1.82) is 0 Å². The molecule has 0 saturated heterocycles. The van der Waals surface area contributed by atoms with Gasteiger partial charge in [0.05, 0.1) is 34.9 Å². The minimum absolute atomic E-state index is 0.262. The third kappa shape index (κ3) is 4.96. The number of nitrogens with one attached hydrogen (secondary N) is 2. The van der Waals surface area contributed by atoms with Gasteiger partial charge in [-0.25, -0.2) is 4.79 Å². The monoisotopic (exact) mass is 465 g/mol. The van der Waals surface area contributed by atoms with Crippen LogP contribution < -0.4 is 25.8 Å². The maximum Gasteiger partial charge on any atom is 0.319 e. The minimum Gasteiger partial charge on any atom is -0.496 e. The van der Waals surface area contributed by atoms with E-state index in [1.807, 2.05) is 12.1 Å². The van der Waals surface area contributed by atoms with Gasteiger partial charge < -0.3 is 25.8 Å². The largest absolute Gasteiger partial charge is 0.496 e. The fraction of sp³-hybridized carbons (Fsp3) is 0.292. The summed E-state index contributed by atoms with van der Waals surface area (Å²) >= 11 is 6.39. The zero-order chi connectivity index (χ0) is 22.9. The van der Waals surface area contributed by atoms with Crippen LogP contribution in [0.3, 0.4) is 0 Å². The number of nitrogens with zero attached hydrogens (tertiary/aromatic N) is 2. The summed E-state index contributed by atoms with van der Waals surface area (Å²) in [7, 11) is 1.60. The molecule has 2 aliphatic rings. The molecule has 33 heavy (non-hydrogen) atoms. The zero-order valence-corrected chi connectivity index (χ0v) is 18.9. The number of benzene rings is 2. The highest BCUT2D eigenvalue weighted by Crippen LogP contribution is 2.36. The Balaban J connectivity index is 1.42. The lowest BCUT2D eigenvalue weighted by molar-refractivity contribution is 0.251. The molecule has 2 aromatic carbocycles. The van der Waals surface area contributed by atoms with Gasteiger partial charge in [0.1, 0.15) is 23.1 Å². The fourth-order valence-electron chi connectivity index (χ4n) is 3.44. The highest BCUT2D eigenvalue weighted by Gasteiger charge is 2.24. The number of hydrogen-bond acceptors (Lipinski definition) is 5. The van der Waals surface area contributed by atoms with E-state index in [0.29, 0.717) is 44.9 Å². The second kappa shape index (κ2) is 8.78. The molecule has 4 N–H and O–H groups in total. The molecule has 0 aliphatic heterocycles. The lowest BCUT2D eigenvalue weighted by atomic mass is 10.1. The van der Waals surface area contributed by atoms with Gasteiger partial charge in [0.25, 0.3) is 0 Å². The number of aliphatic imine (C=N–C) groups is 1. The third-order valence-corrected chi connectivity index (χ3v) is 5.81. The molecule has 8 nitrogen and oxygen atoms in total. The Labute approximate surface area is 196 Å². The smallest absolute Gasteiger partial charge is 0.319 e. The highest BCUT2D eigenvalue weighted by molar-refractivity contribution is 6.33. The molecule has 5 rings (SSSR count). The van der Waals surface area contributed by atoms with Gasteiger partial charge in [-0.2, -0.15) is 0 Å². The second-order valence-electron chi connectivity index (χ2n) is 8.24. The molecule has 1 aromatic heterocycles. The number of urea groups is 1. The fourth-order valence-corrected chi connectivity index (χ4v) is 3.65. The number of rotatable bonds is 7. The summed E-state index contributed by atoms with van der Waals surface area (Å²) in [6, 6.07) is 10.9. The van der Waals surface area contributed by atoms with Gasteiger partial charge in [0.15, 0.2) is 0 Å². The van der Waals surface area contributed by atoms with E-state index in [9.17, 15) is 4.79 Å². The van der Waals surface area contributed by atoms with E-state index in [4.69, 9.17) is 26.8 Å². The Morgan fingerprint density at radius 3 is 2.67 bits per heavy atom. The molecule has 2 fully saturated rings. The molecule has 0 atom stereocenters. The summed E-state index contributed by atoms with van der Waals surface area (Å²) in [4.78, 5) is 21.0. The van der Waals surface area contributed by atoms with E-state index in [2.05, 4.69) is 20.6 Å². The third-order valence-electron chi connectivity index (χ3n) is 5.50. The van der Waals surface area contributed by atoms with Crippen LogP contribution in [0.4, 0.5) is 10.5 Å². The van der Waals surface area contributed by atoms with E-state index < -0.39 is 0 Å². The summed E-state index contributed by atoms with van der Waals surface area (Å²) in [5.41, 5.74) is 8.18. The number of amidine groups is 1. The highest BCUT2D eigenvalue weighted by atomic mass is 35.5. The molecule has 0 bridgehead atoms. The Morgan fingerprint density at radius 1 is 1.15 bits per heavy atom. The van der Waals surface area contributed by atoms with Crippen LogP contribution >= 0.6 is 11.6 Å². The van der Waals surface area contributed by atoms with E-state index in [1.165, 1.54) is 0 Å². The molecule has 0 unspecified atom stereocenters. The van der Waals surface area contributed by atoms with Crippen LogP contribution in [0.5, 0.6) is 17.2 Å². The van der Waals surface area contributed by atoms with Gasteiger partial charge >= 0.3 is 6.03 Å². The van der Waals surface area contributed by atoms with Crippen LogP contribution in [0.2, 0.25) is 5.02 Å². The topological polar surface area (TPSA) is 111 Å². The van der Waals surface area contributed by atoms with Crippen molar-refractivity contribution >= 4 is 40.1 Å². The minimum atomic E-state index is -0.264. The van der Waals surface area contributed by atoms with Gasteiger partial charge in [-0.05, 0) is 49.9 Å². The summed E-state index contributed by atoms with van der Waals surface area (Å²) in [5, 5.41) is 6.78. The molecule has 0 radical (unpaired) electrons. The van der Waals surface area contributed by atoms with Crippen LogP contribution in [0.15, 0.2) is 47.6 Å². The van der Waals surface area contributed by atoms with Crippen LogP contribution in [0.1, 0.15) is 31.2 Å². The number of amides is 2.